The van der Waals surface area contributed by atoms with E-state index >= 15 is 0 Å². The SMILES string of the molecule is O=c1ccc(-c2ccc(S(=O)(=O)N3CCN(c4ccccn4)CC3)s2)n[nH]1. The highest BCUT2D eigenvalue weighted by Crippen LogP contribution is 2.31. The second kappa shape index (κ2) is 7.22. The Morgan fingerprint density at radius 2 is 1.81 bits per heavy atom. The van der Waals surface area contributed by atoms with Crippen molar-refractivity contribution in [2.75, 3.05) is 31.1 Å². The molecule has 0 atom stereocenters. The van der Waals surface area contributed by atoms with Gasteiger partial charge < -0.3 is 4.90 Å². The Morgan fingerprint density at radius 3 is 2.48 bits per heavy atom. The Hall–Kier alpha value is -2.56. The Balaban J connectivity index is 1.49. The van der Waals surface area contributed by atoms with Crippen LogP contribution in [-0.4, -0.2) is 54.1 Å². The third kappa shape index (κ3) is 3.64. The van der Waals surface area contributed by atoms with E-state index in [0.29, 0.717) is 36.8 Å². The van der Waals surface area contributed by atoms with Gasteiger partial charge in [-0.15, -0.1) is 11.3 Å². The Labute approximate surface area is 160 Å². The molecule has 0 amide bonds. The summed E-state index contributed by atoms with van der Waals surface area (Å²) in [6.45, 7) is 2.00. The molecule has 0 radical (unpaired) electrons. The summed E-state index contributed by atoms with van der Waals surface area (Å²) in [6.07, 6.45) is 1.73. The minimum Gasteiger partial charge on any atom is -0.354 e. The molecule has 0 saturated carbocycles. The molecule has 0 aromatic carbocycles. The molecule has 0 bridgehead atoms. The van der Waals surface area contributed by atoms with Crippen molar-refractivity contribution in [3.8, 4) is 10.6 Å². The van der Waals surface area contributed by atoms with Gasteiger partial charge >= 0.3 is 0 Å². The molecule has 140 valence electrons. The molecule has 0 unspecified atom stereocenters. The molecule has 3 aromatic heterocycles. The lowest BCUT2D eigenvalue weighted by atomic mass is 10.3. The number of aromatic amines is 1. The van der Waals surface area contributed by atoms with Gasteiger partial charge in [0.15, 0.2) is 0 Å². The van der Waals surface area contributed by atoms with Crippen molar-refractivity contribution < 1.29 is 8.42 Å². The van der Waals surface area contributed by atoms with Gasteiger partial charge in [0.05, 0.1) is 4.88 Å². The third-order valence-electron chi connectivity index (χ3n) is 4.32. The van der Waals surface area contributed by atoms with E-state index in [4.69, 9.17) is 0 Å². The molecule has 4 heterocycles. The minimum absolute atomic E-state index is 0.275. The minimum atomic E-state index is -3.56. The highest BCUT2D eigenvalue weighted by molar-refractivity contribution is 7.91. The summed E-state index contributed by atoms with van der Waals surface area (Å²) in [7, 11) is -3.56. The first-order chi connectivity index (χ1) is 13.0. The molecular formula is C17H17N5O3S2. The van der Waals surface area contributed by atoms with Gasteiger partial charge in [0.25, 0.3) is 15.6 Å². The molecule has 1 N–H and O–H groups in total. The van der Waals surface area contributed by atoms with Gasteiger partial charge in [-0.2, -0.15) is 9.40 Å². The lowest BCUT2D eigenvalue weighted by Gasteiger charge is -2.34. The van der Waals surface area contributed by atoms with Crippen LogP contribution >= 0.6 is 11.3 Å². The van der Waals surface area contributed by atoms with Crippen molar-refractivity contribution in [1.82, 2.24) is 19.5 Å². The predicted octanol–water partition coefficient (Wildman–Crippen LogP) is 1.40. The fourth-order valence-electron chi connectivity index (χ4n) is 2.90. The first-order valence-electron chi connectivity index (χ1n) is 8.36. The monoisotopic (exact) mass is 403 g/mol. The van der Waals surface area contributed by atoms with Gasteiger partial charge in [0.2, 0.25) is 0 Å². The number of piperazine rings is 1. The maximum Gasteiger partial charge on any atom is 0.264 e. The molecular weight excluding hydrogens is 386 g/mol. The predicted molar refractivity (Wildman–Crippen MR) is 103 cm³/mol. The molecule has 1 aliphatic heterocycles. The zero-order valence-electron chi connectivity index (χ0n) is 14.3. The highest BCUT2D eigenvalue weighted by Gasteiger charge is 2.30. The second-order valence-electron chi connectivity index (χ2n) is 6.00. The first kappa shape index (κ1) is 17.8. The van der Waals surface area contributed by atoms with Crippen LogP contribution < -0.4 is 10.5 Å². The van der Waals surface area contributed by atoms with E-state index in [0.717, 1.165) is 17.2 Å². The van der Waals surface area contributed by atoms with Gasteiger partial charge in [-0.3, -0.25) is 4.79 Å². The van der Waals surface area contributed by atoms with Crippen LogP contribution in [0.3, 0.4) is 0 Å². The normalized spacial score (nSPS) is 15.8. The number of hydrogen-bond donors (Lipinski definition) is 1. The topological polar surface area (TPSA) is 99.3 Å². The van der Waals surface area contributed by atoms with Crippen LogP contribution in [-0.2, 0) is 10.0 Å². The van der Waals surface area contributed by atoms with E-state index in [1.54, 1.807) is 24.4 Å². The zero-order valence-corrected chi connectivity index (χ0v) is 15.9. The van der Waals surface area contributed by atoms with Crippen LogP contribution in [0.15, 0.2) is 57.7 Å². The van der Waals surface area contributed by atoms with E-state index in [1.165, 1.54) is 10.4 Å². The number of rotatable bonds is 4. The standard InChI is InChI=1S/C17H17N5O3S2/c23-16-6-4-13(19-20-16)14-5-7-17(26-14)27(24,25)22-11-9-21(10-12-22)15-3-1-2-8-18-15/h1-8H,9-12H2,(H,20,23). The first-order valence-corrected chi connectivity index (χ1v) is 10.6. The van der Waals surface area contributed by atoms with E-state index in [9.17, 15) is 13.2 Å². The van der Waals surface area contributed by atoms with Crippen molar-refractivity contribution in [1.29, 1.82) is 0 Å². The van der Waals surface area contributed by atoms with Gasteiger partial charge in [0, 0.05) is 38.4 Å². The maximum atomic E-state index is 13.0. The number of aromatic nitrogens is 3. The van der Waals surface area contributed by atoms with E-state index in [1.807, 2.05) is 18.2 Å². The lowest BCUT2D eigenvalue weighted by molar-refractivity contribution is 0.385. The van der Waals surface area contributed by atoms with Gasteiger partial charge in [-0.1, -0.05) is 6.07 Å². The molecule has 8 nitrogen and oxygen atoms in total. The second-order valence-corrected chi connectivity index (χ2v) is 9.25. The van der Waals surface area contributed by atoms with E-state index in [2.05, 4.69) is 20.1 Å². The van der Waals surface area contributed by atoms with Gasteiger partial charge in [-0.25, -0.2) is 18.5 Å². The molecule has 4 rings (SSSR count). The van der Waals surface area contributed by atoms with Crippen molar-refractivity contribution in [2.24, 2.45) is 0 Å². The molecule has 0 spiro atoms. The van der Waals surface area contributed by atoms with Crippen LogP contribution in [0.4, 0.5) is 5.82 Å². The van der Waals surface area contributed by atoms with E-state index in [-0.39, 0.29) is 9.77 Å². The van der Waals surface area contributed by atoms with Crippen LogP contribution in [0.1, 0.15) is 0 Å². The fraction of sp³-hybridized carbons (Fsp3) is 0.235. The average Bonchev–Trinajstić information content (AvgIpc) is 3.20. The summed E-state index contributed by atoms with van der Waals surface area (Å²) >= 11 is 1.15. The summed E-state index contributed by atoms with van der Waals surface area (Å²) in [5.41, 5.74) is 0.245. The quantitative estimate of drug-likeness (QED) is 0.707. The molecule has 3 aromatic rings. The number of anilines is 1. The number of pyridine rings is 1. The van der Waals surface area contributed by atoms with Crippen LogP contribution in [0.2, 0.25) is 0 Å². The smallest absolute Gasteiger partial charge is 0.264 e. The van der Waals surface area contributed by atoms with Crippen molar-refractivity contribution in [2.45, 2.75) is 4.21 Å². The number of nitrogens with one attached hydrogen (secondary N) is 1. The number of sulfonamides is 1. The molecule has 27 heavy (non-hydrogen) atoms. The van der Waals surface area contributed by atoms with Crippen LogP contribution in [0.25, 0.3) is 10.6 Å². The van der Waals surface area contributed by atoms with Gasteiger partial charge in [0.1, 0.15) is 15.7 Å². The van der Waals surface area contributed by atoms with Crippen molar-refractivity contribution in [3.05, 3.63) is 59.0 Å². The van der Waals surface area contributed by atoms with Crippen molar-refractivity contribution in [3.63, 3.8) is 0 Å². The number of thiophene rings is 1. The largest absolute Gasteiger partial charge is 0.354 e. The number of hydrogen-bond acceptors (Lipinski definition) is 7. The summed E-state index contributed by atoms with van der Waals surface area (Å²) in [4.78, 5) is 18.2. The maximum absolute atomic E-state index is 13.0. The molecule has 1 fully saturated rings. The van der Waals surface area contributed by atoms with Gasteiger partial charge in [-0.05, 0) is 30.3 Å². The fourth-order valence-corrected chi connectivity index (χ4v) is 5.76. The van der Waals surface area contributed by atoms with Crippen LogP contribution in [0, 0.1) is 0 Å². The Kier molecular flexibility index (Phi) is 4.77. The summed E-state index contributed by atoms with van der Waals surface area (Å²) in [5.74, 6) is 0.858. The average molecular weight is 403 g/mol. The highest BCUT2D eigenvalue weighted by atomic mass is 32.2. The lowest BCUT2D eigenvalue weighted by Crippen LogP contribution is -2.48. The van der Waals surface area contributed by atoms with Crippen molar-refractivity contribution >= 4 is 27.2 Å². The Bertz CT molecular complexity index is 1070. The summed E-state index contributed by atoms with van der Waals surface area (Å²) in [5, 5.41) is 6.31. The number of nitrogens with zero attached hydrogens (tertiary/aromatic N) is 4. The molecule has 1 saturated heterocycles. The van der Waals surface area contributed by atoms with Crippen LogP contribution in [0.5, 0.6) is 0 Å². The third-order valence-corrected chi connectivity index (χ3v) is 7.79. The summed E-state index contributed by atoms with van der Waals surface area (Å²) in [6, 6.07) is 11.9. The number of H-pyrrole nitrogens is 1. The van der Waals surface area contributed by atoms with E-state index < -0.39 is 10.0 Å². The molecule has 0 aliphatic carbocycles. The molecule has 1 aliphatic rings. The zero-order chi connectivity index (χ0) is 18.9. The Morgan fingerprint density at radius 1 is 1.00 bits per heavy atom. The summed E-state index contributed by atoms with van der Waals surface area (Å²) < 4.78 is 27.7. The molecule has 10 heteroatoms.